The number of halogens is 2. The van der Waals surface area contributed by atoms with Gasteiger partial charge in [0.15, 0.2) is 0 Å². The van der Waals surface area contributed by atoms with Crippen molar-refractivity contribution in [2.45, 2.75) is 17.7 Å². The number of hydrogen-bond donors (Lipinski definition) is 1. The van der Waals surface area contributed by atoms with Crippen LogP contribution in [-0.2, 0) is 6.42 Å². The summed E-state index contributed by atoms with van der Waals surface area (Å²) in [6, 6.07) is 6.21. The van der Waals surface area contributed by atoms with Gasteiger partial charge in [0.1, 0.15) is 0 Å². The van der Waals surface area contributed by atoms with Crippen LogP contribution in [0.15, 0.2) is 27.6 Å². The van der Waals surface area contributed by atoms with Crippen LogP contribution in [0.5, 0.6) is 0 Å². The Morgan fingerprint density at radius 1 is 1.33 bits per heavy atom. The van der Waals surface area contributed by atoms with Crippen LogP contribution in [0.4, 0.5) is 0 Å². The minimum Gasteiger partial charge on any atom is -0.143 e. The molecule has 12 heavy (non-hydrogen) atoms. The van der Waals surface area contributed by atoms with Gasteiger partial charge in [-0.3, -0.25) is 0 Å². The first-order valence-corrected chi connectivity index (χ1v) is 6.13. The van der Waals surface area contributed by atoms with Gasteiger partial charge in [-0.15, -0.1) is 12.6 Å². The molecule has 1 aromatic rings. The molecular formula is C9H10Br2S. The Morgan fingerprint density at radius 3 is 2.67 bits per heavy atom. The van der Waals surface area contributed by atoms with Crippen molar-refractivity contribution < 1.29 is 0 Å². The number of thiol groups is 1. The van der Waals surface area contributed by atoms with E-state index in [-0.39, 0.29) is 0 Å². The molecule has 0 fully saturated rings. The molecule has 1 aromatic carbocycles. The zero-order chi connectivity index (χ0) is 8.97. The molecule has 66 valence electrons. The van der Waals surface area contributed by atoms with Gasteiger partial charge in [-0.05, 0) is 30.5 Å². The van der Waals surface area contributed by atoms with Crippen LogP contribution < -0.4 is 0 Å². The smallest absolute Gasteiger partial charge is 0.0186 e. The molecular weight excluding hydrogens is 300 g/mol. The van der Waals surface area contributed by atoms with Gasteiger partial charge in [0.05, 0.1) is 0 Å². The lowest BCUT2D eigenvalue weighted by Gasteiger charge is -2.03. The minimum atomic E-state index is 1.05. The monoisotopic (exact) mass is 308 g/mol. The van der Waals surface area contributed by atoms with Crippen molar-refractivity contribution in [3.05, 3.63) is 28.2 Å². The van der Waals surface area contributed by atoms with Gasteiger partial charge in [-0.1, -0.05) is 37.9 Å². The average molecular weight is 310 g/mol. The fraction of sp³-hybridized carbons (Fsp3) is 0.333. The SMILES string of the molecule is Sc1cc(Br)ccc1CCCBr. The Morgan fingerprint density at radius 2 is 2.08 bits per heavy atom. The van der Waals surface area contributed by atoms with Gasteiger partial charge in [0, 0.05) is 14.7 Å². The summed E-state index contributed by atoms with van der Waals surface area (Å²) >= 11 is 11.2. The summed E-state index contributed by atoms with van der Waals surface area (Å²) in [5.41, 5.74) is 1.32. The molecule has 0 radical (unpaired) electrons. The van der Waals surface area contributed by atoms with Crippen LogP contribution in [0.25, 0.3) is 0 Å². The van der Waals surface area contributed by atoms with Crippen molar-refractivity contribution in [3.8, 4) is 0 Å². The lowest BCUT2D eigenvalue weighted by molar-refractivity contribution is 0.916. The zero-order valence-electron chi connectivity index (χ0n) is 6.56. The molecule has 0 saturated heterocycles. The molecule has 0 aliphatic rings. The van der Waals surface area contributed by atoms with E-state index in [1.165, 1.54) is 5.56 Å². The summed E-state index contributed by atoms with van der Waals surface area (Å²) in [4.78, 5) is 1.07. The van der Waals surface area contributed by atoms with E-state index < -0.39 is 0 Å². The molecule has 0 bridgehead atoms. The van der Waals surface area contributed by atoms with Crippen molar-refractivity contribution in [2.24, 2.45) is 0 Å². The second kappa shape index (κ2) is 5.30. The quantitative estimate of drug-likeness (QED) is 0.631. The lowest BCUT2D eigenvalue weighted by Crippen LogP contribution is -1.87. The Bertz CT molecular complexity index is 261. The summed E-state index contributed by atoms with van der Waals surface area (Å²) in [6.45, 7) is 0. The summed E-state index contributed by atoms with van der Waals surface area (Å²) < 4.78 is 1.09. The van der Waals surface area contributed by atoms with Gasteiger partial charge in [-0.25, -0.2) is 0 Å². The van der Waals surface area contributed by atoms with E-state index in [9.17, 15) is 0 Å². The van der Waals surface area contributed by atoms with Crippen molar-refractivity contribution in [2.75, 3.05) is 5.33 Å². The number of benzene rings is 1. The summed E-state index contributed by atoms with van der Waals surface area (Å²) in [5, 5.41) is 1.05. The molecule has 0 amide bonds. The highest BCUT2D eigenvalue weighted by Crippen LogP contribution is 2.20. The molecule has 1 rings (SSSR count). The highest BCUT2D eigenvalue weighted by Gasteiger charge is 1.98. The van der Waals surface area contributed by atoms with E-state index >= 15 is 0 Å². The molecule has 0 atom stereocenters. The van der Waals surface area contributed by atoms with Crippen LogP contribution in [-0.4, -0.2) is 5.33 Å². The molecule has 0 aliphatic heterocycles. The summed E-state index contributed by atoms with van der Waals surface area (Å²) in [5.74, 6) is 0. The highest BCUT2D eigenvalue weighted by molar-refractivity contribution is 9.10. The molecule has 0 unspecified atom stereocenters. The highest BCUT2D eigenvalue weighted by atomic mass is 79.9. The third-order valence-electron chi connectivity index (χ3n) is 1.63. The van der Waals surface area contributed by atoms with E-state index in [1.54, 1.807) is 0 Å². The fourth-order valence-corrected chi connectivity index (χ4v) is 2.15. The number of hydrogen-bond acceptors (Lipinski definition) is 1. The van der Waals surface area contributed by atoms with Crippen LogP contribution in [0.3, 0.4) is 0 Å². The first kappa shape index (κ1) is 10.6. The standard InChI is InChI=1S/C9H10Br2S/c10-5-1-2-7-3-4-8(11)6-9(7)12/h3-4,6,12H,1-2,5H2. The Labute approximate surface area is 95.4 Å². The molecule has 0 aliphatic carbocycles. The van der Waals surface area contributed by atoms with Crippen LogP contribution in [0.1, 0.15) is 12.0 Å². The Hall–Kier alpha value is 0.530. The van der Waals surface area contributed by atoms with E-state index in [2.05, 4.69) is 56.6 Å². The summed E-state index contributed by atoms with van der Waals surface area (Å²) in [6.07, 6.45) is 2.26. The molecule has 0 heterocycles. The number of rotatable bonds is 3. The average Bonchev–Trinajstić information content (AvgIpc) is 2.03. The van der Waals surface area contributed by atoms with Gasteiger partial charge >= 0.3 is 0 Å². The van der Waals surface area contributed by atoms with Crippen LogP contribution >= 0.6 is 44.5 Å². The van der Waals surface area contributed by atoms with Gasteiger partial charge < -0.3 is 0 Å². The second-order valence-corrected chi connectivity index (χ2v) is 4.76. The maximum absolute atomic E-state index is 4.40. The molecule has 0 nitrogen and oxygen atoms in total. The Balaban J connectivity index is 2.72. The molecule has 0 saturated carbocycles. The molecule has 0 spiro atoms. The lowest BCUT2D eigenvalue weighted by atomic mass is 10.1. The third-order valence-corrected chi connectivity index (χ3v) is 3.10. The van der Waals surface area contributed by atoms with E-state index in [0.29, 0.717) is 0 Å². The molecule has 0 N–H and O–H groups in total. The van der Waals surface area contributed by atoms with Gasteiger partial charge in [0.25, 0.3) is 0 Å². The minimum absolute atomic E-state index is 1.05. The maximum Gasteiger partial charge on any atom is 0.0186 e. The first-order chi connectivity index (χ1) is 5.74. The topological polar surface area (TPSA) is 0 Å². The van der Waals surface area contributed by atoms with Crippen molar-refractivity contribution in [1.82, 2.24) is 0 Å². The largest absolute Gasteiger partial charge is 0.143 e. The van der Waals surface area contributed by atoms with E-state index in [1.807, 2.05) is 6.07 Å². The number of alkyl halides is 1. The van der Waals surface area contributed by atoms with Gasteiger partial charge in [-0.2, -0.15) is 0 Å². The normalized spacial score (nSPS) is 10.2. The predicted molar refractivity (Wildman–Crippen MR) is 63.5 cm³/mol. The molecule has 0 aromatic heterocycles. The van der Waals surface area contributed by atoms with Crippen LogP contribution in [0, 0.1) is 0 Å². The van der Waals surface area contributed by atoms with Gasteiger partial charge in [0.2, 0.25) is 0 Å². The molecule has 3 heteroatoms. The second-order valence-electron chi connectivity index (χ2n) is 2.57. The fourth-order valence-electron chi connectivity index (χ4n) is 1.01. The van der Waals surface area contributed by atoms with Crippen molar-refractivity contribution in [3.63, 3.8) is 0 Å². The predicted octanol–water partition coefficient (Wildman–Crippen LogP) is 4.07. The summed E-state index contributed by atoms with van der Waals surface area (Å²) in [7, 11) is 0. The van der Waals surface area contributed by atoms with Crippen molar-refractivity contribution >= 4 is 44.5 Å². The van der Waals surface area contributed by atoms with Crippen LogP contribution in [0.2, 0.25) is 0 Å². The van der Waals surface area contributed by atoms with E-state index in [0.717, 1.165) is 27.5 Å². The van der Waals surface area contributed by atoms with Crippen molar-refractivity contribution in [1.29, 1.82) is 0 Å². The van der Waals surface area contributed by atoms with E-state index in [4.69, 9.17) is 0 Å². The maximum atomic E-state index is 4.40. The Kier molecular flexibility index (Phi) is 4.69. The first-order valence-electron chi connectivity index (χ1n) is 3.77. The third kappa shape index (κ3) is 3.11. The zero-order valence-corrected chi connectivity index (χ0v) is 10.6. The number of aryl methyl sites for hydroxylation is 1.